The average molecular weight is 484 g/mol. The van der Waals surface area contributed by atoms with Crippen LogP contribution in [0.3, 0.4) is 0 Å². The first-order valence-corrected chi connectivity index (χ1v) is 12.7. The van der Waals surface area contributed by atoms with E-state index in [1.165, 1.54) is 13.8 Å². The molecule has 2 saturated carbocycles. The van der Waals surface area contributed by atoms with Gasteiger partial charge in [-0.2, -0.15) is 0 Å². The Morgan fingerprint density at radius 2 is 1.26 bits per heavy atom. The third-order valence-corrected chi connectivity index (χ3v) is 8.09. The van der Waals surface area contributed by atoms with Crippen LogP contribution in [0.25, 0.3) is 0 Å². The van der Waals surface area contributed by atoms with Gasteiger partial charge in [0.2, 0.25) is 23.6 Å². The second-order valence-corrected chi connectivity index (χ2v) is 11.2. The highest BCUT2D eigenvalue weighted by atomic mass is 16.2. The molecule has 1 aliphatic heterocycles. The van der Waals surface area contributed by atoms with Crippen molar-refractivity contribution in [1.82, 2.24) is 10.6 Å². The minimum atomic E-state index is -1.48. The van der Waals surface area contributed by atoms with Crippen LogP contribution in [0.2, 0.25) is 0 Å². The van der Waals surface area contributed by atoms with Crippen molar-refractivity contribution in [3.8, 4) is 0 Å². The first-order valence-electron chi connectivity index (χ1n) is 12.7. The van der Waals surface area contributed by atoms with Gasteiger partial charge in [0.1, 0.15) is 16.5 Å². The highest BCUT2D eigenvalue weighted by molar-refractivity contribution is 6.12. The van der Waals surface area contributed by atoms with E-state index in [4.69, 9.17) is 5.73 Å². The Labute approximate surface area is 206 Å². The molecule has 0 bridgehead atoms. The number of rotatable bonds is 0. The fourth-order valence-corrected chi connectivity index (χ4v) is 5.34. The number of nitrogens with one attached hydrogen (secondary N) is 4. The number of hydrogen-bond donors (Lipinski definition) is 5. The van der Waals surface area contributed by atoms with Gasteiger partial charge in [0.05, 0.1) is 11.4 Å². The van der Waals surface area contributed by atoms with Gasteiger partial charge in [-0.25, -0.2) is 0 Å². The van der Waals surface area contributed by atoms with Gasteiger partial charge in [0.25, 0.3) is 0 Å². The predicted octanol–water partition coefficient (Wildman–Crippen LogP) is 3.07. The lowest BCUT2D eigenvalue weighted by molar-refractivity contribution is -0.147. The first kappa shape index (κ1) is 25.0. The monoisotopic (exact) mass is 483 g/mol. The topological polar surface area (TPSA) is 142 Å². The van der Waals surface area contributed by atoms with Crippen molar-refractivity contribution < 1.29 is 19.2 Å². The fraction of sp³-hybridized carbons (Fsp3) is 0.615. The van der Waals surface area contributed by atoms with E-state index in [-0.39, 0.29) is 11.8 Å². The minimum absolute atomic E-state index is 0.359. The molecule has 0 unspecified atom stereocenters. The van der Waals surface area contributed by atoms with Crippen LogP contribution in [0.5, 0.6) is 0 Å². The van der Waals surface area contributed by atoms with Crippen molar-refractivity contribution in [3.63, 3.8) is 0 Å². The summed E-state index contributed by atoms with van der Waals surface area (Å²) in [7, 11) is 0. The first-order chi connectivity index (χ1) is 16.5. The lowest BCUT2D eigenvalue weighted by Crippen LogP contribution is -2.64. The largest absolute Gasteiger partial charge is 0.399 e. The number of nitrogen functional groups attached to an aromatic ring is 1. The summed E-state index contributed by atoms with van der Waals surface area (Å²) in [5, 5.41) is 11.8. The van der Waals surface area contributed by atoms with E-state index < -0.39 is 28.3 Å². The Bertz CT molecular complexity index is 1040. The number of amides is 4. The van der Waals surface area contributed by atoms with Crippen molar-refractivity contribution in [3.05, 3.63) is 18.2 Å². The van der Waals surface area contributed by atoms with E-state index in [1.807, 2.05) is 0 Å². The summed E-state index contributed by atoms with van der Waals surface area (Å²) in [6.45, 7) is 5.20. The summed E-state index contributed by atoms with van der Waals surface area (Å²) in [6, 6.07) is 4.90. The Kier molecular flexibility index (Phi) is 6.55. The molecular formula is C26H37N5O4. The van der Waals surface area contributed by atoms with E-state index >= 15 is 0 Å². The molecule has 2 aliphatic carbocycles. The number of fused-ring (bicyclic) bond motifs is 1. The highest BCUT2D eigenvalue weighted by Crippen LogP contribution is 2.37. The smallest absolute Gasteiger partial charge is 0.250 e. The molecule has 2 spiro atoms. The van der Waals surface area contributed by atoms with Gasteiger partial charge >= 0.3 is 0 Å². The van der Waals surface area contributed by atoms with E-state index in [2.05, 4.69) is 28.2 Å². The second kappa shape index (κ2) is 9.17. The molecule has 0 aromatic heterocycles. The van der Waals surface area contributed by atoms with Crippen LogP contribution in [-0.4, -0.2) is 34.7 Å². The zero-order valence-electron chi connectivity index (χ0n) is 20.9. The molecule has 1 aromatic carbocycles. The Hall–Kier alpha value is -3.10. The lowest BCUT2D eigenvalue weighted by Gasteiger charge is -2.41. The fourth-order valence-electron chi connectivity index (χ4n) is 5.34. The number of hydrogen-bond acceptors (Lipinski definition) is 5. The van der Waals surface area contributed by atoms with Crippen LogP contribution in [0.1, 0.15) is 78.6 Å². The summed E-state index contributed by atoms with van der Waals surface area (Å²) in [4.78, 5) is 54.4. The number of carbonyl (C=O) groups is 4. The van der Waals surface area contributed by atoms with Crippen LogP contribution < -0.4 is 27.0 Å². The molecule has 35 heavy (non-hydrogen) atoms. The number of benzene rings is 1. The minimum Gasteiger partial charge on any atom is -0.399 e. The standard InChI is InChI=1S/C26H37N5O4/c1-16-9-13-26(14-10-16)23(35)29-19-15-17(27)7-8-18(19)28-22(34)25(11-5-4-6-12-25)30-20(32)24(2,3)21(33)31-26/h7-8,15-16H,4-6,9-14,27H2,1-3H3,(H,28,34)(H,29,35)(H,30,32)(H,31,33). The quantitative estimate of drug-likeness (QED) is 0.285. The van der Waals surface area contributed by atoms with Gasteiger partial charge in [-0.1, -0.05) is 26.2 Å². The van der Waals surface area contributed by atoms with Crippen molar-refractivity contribution in [2.75, 3.05) is 16.4 Å². The Morgan fingerprint density at radius 3 is 1.83 bits per heavy atom. The molecule has 9 nitrogen and oxygen atoms in total. The zero-order chi connectivity index (χ0) is 25.4. The van der Waals surface area contributed by atoms with Crippen molar-refractivity contribution >= 4 is 40.7 Å². The average Bonchev–Trinajstić information content (AvgIpc) is 2.82. The molecule has 3 aliphatic rings. The van der Waals surface area contributed by atoms with Gasteiger partial charge < -0.3 is 27.0 Å². The van der Waals surface area contributed by atoms with Crippen molar-refractivity contribution in [2.24, 2.45) is 11.3 Å². The number of carbonyl (C=O) groups excluding carboxylic acids is 4. The molecule has 4 rings (SSSR count). The SMILES string of the molecule is CC1CCC2(CC1)NC(=O)C(C)(C)C(=O)NC1(CCCCC1)C(=O)Nc1ccc(N)cc1NC2=O. The van der Waals surface area contributed by atoms with Crippen molar-refractivity contribution in [2.45, 2.75) is 89.6 Å². The third kappa shape index (κ3) is 4.73. The van der Waals surface area contributed by atoms with Gasteiger partial charge in [0.15, 0.2) is 0 Å². The molecule has 6 N–H and O–H groups in total. The van der Waals surface area contributed by atoms with Crippen LogP contribution in [0, 0.1) is 11.3 Å². The number of anilines is 3. The van der Waals surface area contributed by atoms with Crippen molar-refractivity contribution in [1.29, 1.82) is 0 Å². The van der Waals surface area contributed by atoms with Gasteiger partial charge in [-0.15, -0.1) is 0 Å². The van der Waals surface area contributed by atoms with E-state index in [0.29, 0.717) is 48.7 Å². The molecule has 9 heteroatoms. The van der Waals surface area contributed by atoms with Crippen LogP contribution in [0.15, 0.2) is 18.2 Å². The van der Waals surface area contributed by atoms with Crippen LogP contribution >= 0.6 is 0 Å². The molecule has 1 heterocycles. The van der Waals surface area contributed by atoms with Crippen LogP contribution in [-0.2, 0) is 19.2 Å². The zero-order valence-corrected chi connectivity index (χ0v) is 20.9. The molecule has 0 radical (unpaired) electrons. The van der Waals surface area contributed by atoms with Gasteiger partial charge in [-0.05, 0) is 76.5 Å². The molecule has 4 amide bonds. The lowest BCUT2D eigenvalue weighted by atomic mass is 9.75. The Morgan fingerprint density at radius 1 is 0.743 bits per heavy atom. The maximum absolute atomic E-state index is 13.7. The molecular weight excluding hydrogens is 446 g/mol. The summed E-state index contributed by atoms with van der Waals surface area (Å²) < 4.78 is 0. The van der Waals surface area contributed by atoms with Gasteiger partial charge in [0, 0.05) is 5.69 Å². The molecule has 0 saturated heterocycles. The summed E-state index contributed by atoms with van der Waals surface area (Å²) in [5.41, 5.74) is 3.43. The van der Waals surface area contributed by atoms with Gasteiger partial charge in [-0.3, -0.25) is 19.2 Å². The summed E-state index contributed by atoms with van der Waals surface area (Å²) >= 11 is 0. The normalized spacial score (nSPS) is 28.9. The third-order valence-electron chi connectivity index (χ3n) is 8.09. The summed E-state index contributed by atoms with van der Waals surface area (Å²) in [5.74, 6) is -1.36. The predicted molar refractivity (Wildman–Crippen MR) is 134 cm³/mol. The molecule has 2 fully saturated rings. The molecule has 1 aromatic rings. The molecule has 0 atom stereocenters. The Balaban J connectivity index is 1.81. The maximum atomic E-state index is 13.7. The highest BCUT2D eigenvalue weighted by Gasteiger charge is 2.50. The van der Waals surface area contributed by atoms with E-state index in [1.54, 1.807) is 18.2 Å². The summed E-state index contributed by atoms with van der Waals surface area (Å²) in [6.07, 6.45) is 5.93. The van der Waals surface area contributed by atoms with Crippen LogP contribution in [0.4, 0.5) is 17.1 Å². The molecule has 190 valence electrons. The number of nitrogens with two attached hydrogens (primary N) is 1. The maximum Gasteiger partial charge on any atom is 0.250 e. The van der Waals surface area contributed by atoms with E-state index in [0.717, 1.165) is 32.1 Å². The van der Waals surface area contributed by atoms with E-state index in [9.17, 15) is 19.2 Å². The second-order valence-electron chi connectivity index (χ2n) is 11.2.